The number of sulfonamides is 1. The molecule has 1 N–H and O–H groups in total. The summed E-state index contributed by atoms with van der Waals surface area (Å²) < 4.78 is 29.7. The zero-order valence-corrected chi connectivity index (χ0v) is 14.4. The van der Waals surface area contributed by atoms with Crippen LogP contribution in [0.25, 0.3) is 0 Å². The SMILES string of the molecule is CS(=O)(=O)N1CCN(C(=O)NCCOc2cccc(Cl)c2)CC1. The molecule has 7 nitrogen and oxygen atoms in total. The van der Waals surface area contributed by atoms with Gasteiger partial charge in [0.2, 0.25) is 10.0 Å². The molecule has 0 aliphatic carbocycles. The molecule has 1 aromatic rings. The van der Waals surface area contributed by atoms with Gasteiger partial charge in [-0.3, -0.25) is 0 Å². The van der Waals surface area contributed by atoms with Gasteiger partial charge < -0.3 is 15.0 Å². The van der Waals surface area contributed by atoms with E-state index in [1.807, 2.05) is 0 Å². The lowest BCUT2D eigenvalue weighted by Gasteiger charge is -2.33. The quantitative estimate of drug-likeness (QED) is 0.794. The fourth-order valence-corrected chi connectivity index (χ4v) is 3.23. The Bertz CT molecular complexity index is 645. The number of halogens is 1. The van der Waals surface area contributed by atoms with Gasteiger partial charge in [0.05, 0.1) is 12.8 Å². The molecule has 0 aromatic heterocycles. The standard InChI is InChI=1S/C14H20ClN3O4S/c1-23(20,21)18-8-6-17(7-9-18)14(19)16-5-10-22-13-4-2-3-12(15)11-13/h2-4,11H,5-10H2,1H3,(H,16,19). The number of hydrogen-bond donors (Lipinski definition) is 1. The van der Waals surface area contributed by atoms with Crippen molar-refractivity contribution in [2.24, 2.45) is 0 Å². The van der Waals surface area contributed by atoms with Gasteiger partial charge in [0.25, 0.3) is 0 Å². The average Bonchev–Trinajstić information content (AvgIpc) is 2.51. The van der Waals surface area contributed by atoms with Crippen LogP contribution in [0.1, 0.15) is 0 Å². The van der Waals surface area contributed by atoms with E-state index in [0.717, 1.165) is 0 Å². The molecule has 1 aromatic carbocycles. The van der Waals surface area contributed by atoms with Crippen molar-refractivity contribution in [3.8, 4) is 5.75 Å². The van der Waals surface area contributed by atoms with Crippen molar-refractivity contribution in [2.45, 2.75) is 0 Å². The van der Waals surface area contributed by atoms with Gasteiger partial charge >= 0.3 is 6.03 Å². The molecule has 0 atom stereocenters. The van der Waals surface area contributed by atoms with Crippen LogP contribution < -0.4 is 10.1 Å². The first kappa shape index (κ1) is 17.8. The van der Waals surface area contributed by atoms with Crippen LogP contribution in [0, 0.1) is 0 Å². The predicted molar refractivity (Wildman–Crippen MR) is 88.3 cm³/mol. The topological polar surface area (TPSA) is 79.0 Å². The van der Waals surface area contributed by atoms with Gasteiger partial charge in [-0.1, -0.05) is 17.7 Å². The Balaban J connectivity index is 1.68. The van der Waals surface area contributed by atoms with E-state index < -0.39 is 10.0 Å². The van der Waals surface area contributed by atoms with E-state index in [9.17, 15) is 13.2 Å². The van der Waals surface area contributed by atoms with E-state index in [-0.39, 0.29) is 6.03 Å². The fraction of sp³-hybridized carbons (Fsp3) is 0.500. The Hall–Kier alpha value is -1.51. The largest absolute Gasteiger partial charge is 0.492 e. The van der Waals surface area contributed by atoms with Crippen molar-refractivity contribution in [3.63, 3.8) is 0 Å². The molecular weight excluding hydrogens is 342 g/mol. The summed E-state index contributed by atoms with van der Waals surface area (Å²) in [4.78, 5) is 13.6. The number of amides is 2. The van der Waals surface area contributed by atoms with E-state index in [1.54, 1.807) is 29.2 Å². The van der Waals surface area contributed by atoms with Crippen molar-refractivity contribution >= 4 is 27.7 Å². The number of ether oxygens (including phenoxy) is 1. The van der Waals surface area contributed by atoms with Gasteiger partial charge in [-0.05, 0) is 18.2 Å². The molecule has 1 aliphatic heterocycles. The molecule has 23 heavy (non-hydrogen) atoms. The highest BCUT2D eigenvalue weighted by Gasteiger charge is 2.25. The summed E-state index contributed by atoms with van der Waals surface area (Å²) in [5, 5.41) is 3.34. The smallest absolute Gasteiger partial charge is 0.317 e. The molecule has 9 heteroatoms. The number of benzene rings is 1. The van der Waals surface area contributed by atoms with Crippen LogP contribution in [-0.2, 0) is 10.0 Å². The van der Waals surface area contributed by atoms with Crippen molar-refractivity contribution < 1.29 is 17.9 Å². The van der Waals surface area contributed by atoms with Gasteiger partial charge in [0.15, 0.2) is 0 Å². The summed E-state index contributed by atoms with van der Waals surface area (Å²) in [5.41, 5.74) is 0. The first-order chi connectivity index (χ1) is 10.9. The third-order valence-electron chi connectivity index (χ3n) is 3.44. The Labute approximate surface area is 141 Å². The molecule has 2 rings (SSSR count). The minimum Gasteiger partial charge on any atom is -0.492 e. The summed E-state index contributed by atoms with van der Waals surface area (Å²) in [6, 6.07) is 6.82. The van der Waals surface area contributed by atoms with Crippen molar-refractivity contribution in [1.82, 2.24) is 14.5 Å². The van der Waals surface area contributed by atoms with Crippen LogP contribution >= 0.6 is 11.6 Å². The zero-order chi connectivity index (χ0) is 16.9. The first-order valence-electron chi connectivity index (χ1n) is 7.22. The molecule has 0 saturated carbocycles. The second kappa shape index (κ2) is 7.85. The lowest BCUT2D eigenvalue weighted by molar-refractivity contribution is 0.170. The summed E-state index contributed by atoms with van der Waals surface area (Å²) in [6.45, 7) is 2.10. The number of rotatable bonds is 5. The van der Waals surface area contributed by atoms with Crippen molar-refractivity contribution in [3.05, 3.63) is 29.3 Å². The maximum Gasteiger partial charge on any atom is 0.317 e. The highest BCUT2D eigenvalue weighted by atomic mass is 35.5. The maximum atomic E-state index is 12.0. The maximum absolute atomic E-state index is 12.0. The first-order valence-corrected chi connectivity index (χ1v) is 9.45. The van der Waals surface area contributed by atoms with Crippen LogP contribution in [0.3, 0.4) is 0 Å². The highest BCUT2D eigenvalue weighted by molar-refractivity contribution is 7.88. The number of carbonyl (C=O) groups is 1. The third kappa shape index (κ3) is 5.56. The number of piperazine rings is 1. The normalized spacial score (nSPS) is 16.2. The molecule has 0 bridgehead atoms. The Morgan fingerprint density at radius 2 is 2.00 bits per heavy atom. The van der Waals surface area contributed by atoms with Gasteiger partial charge in [0.1, 0.15) is 12.4 Å². The number of urea groups is 1. The van der Waals surface area contributed by atoms with E-state index in [2.05, 4.69) is 5.32 Å². The van der Waals surface area contributed by atoms with Crippen molar-refractivity contribution in [1.29, 1.82) is 0 Å². The summed E-state index contributed by atoms with van der Waals surface area (Å²) in [7, 11) is -3.19. The molecule has 2 amide bonds. The molecule has 1 heterocycles. The Morgan fingerprint density at radius 1 is 1.30 bits per heavy atom. The fourth-order valence-electron chi connectivity index (χ4n) is 2.22. The monoisotopic (exact) mass is 361 g/mol. The lowest BCUT2D eigenvalue weighted by Crippen LogP contribution is -2.53. The molecule has 1 saturated heterocycles. The molecule has 0 radical (unpaired) electrons. The second-order valence-electron chi connectivity index (χ2n) is 5.19. The Kier molecular flexibility index (Phi) is 6.09. The molecule has 0 unspecified atom stereocenters. The van der Waals surface area contributed by atoms with Crippen LogP contribution in [0.4, 0.5) is 4.79 Å². The van der Waals surface area contributed by atoms with Crippen LogP contribution in [0.2, 0.25) is 5.02 Å². The summed E-state index contributed by atoms with van der Waals surface area (Å²) >= 11 is 5.85. The molecule has 128 valence electrons. The summed E-state index contributed by atoms with van der Waals surface area (Å²) in [6.07, 6.45) is 1.18. The molecule has 1 aliphatic rings. The highest BCUT2D eigenvalue weighted by Crippen LogP contribution is 2.16. The van der Waals surface area contributed by atoms with Crippen molar-refractivity contribution in [2.75, 3.05) is 45.6 Å². The van der Waals surface area contributed by atoms with Gasteiger partial charge in [-0.25, -0.2) is 13.2 Å². The molecular formula is C14H20ClN3O4S. The van der Waals surface area contributed by atoms with E-state index >= 15 is 0 Å². The van der Waals surface area contributed by atoms with Crippen LogP contribution in [0.15, 0.2) is 24.3 Å². The van der Waals surface area contributed by atoms with Crippen LogP contribution in [-0.4, -0.2) is 69.2 Å². The van der Waals surface area contributed by atoms with Gasteiger partial charge in [-0.2, -0.15) is 4.31 Å². The zero-order valence-electron chi connectivity index (χ0n) is 12.9. The average molecular weight is 362 g/mol. The number of carbonyl (C=O) groups excluding carboxylic acids is 1. The Morgan fingerprint density at radius 3 is 2.61 bits per heavy atom. The number of nitrogens with one attached hydrogen (secondary N) is 1. The van der Waals surface area contributed by atoms with E-state index in [0.29, 0.717) is 50.1 Å². The minimum absolute atomic E-state index is 0.215. The second-order valence-corrected chi connectivity index (χ2v) is 7.61. The van der Waals surface area contributed by atoms with E-state index in [4.69, 9.17) is 16.3 Å². The predicted octanol–water partition coefficient (Wildman–Crippen LogP) is 1.01. The number of hydrogen-bond acceptors (Lipinski definition) is 4. The van der Waals surface area contributed by atoms with Gasteiger partial charge in [-0.15, -0.1) is 0 Å². The third-order valence-corrected chi connectivity index (χ3v) is 4.98. The van der Waals surface area contributed by atoms with Gasteiger partial charge in [0, 0.05) is 31.2 Å². The van der Waals surface area contributed by atoms with Crippen LogP contribution in [0.5, 0.6) is 5.75 Å². The lowest BCUT2D eigenvalue weighted by atomic mass is 10.3. The minimum atomic E-state index is -3.19. The summed E-state index contributed by atoms with van der Waals surface area (Å²) in [5.74, 6) is 0.647. The molecule has 1 fully saturated rings. The number of nitrogens with zero attached hydrogens (tertiary/aromatic N) is 2. The molecule has 0 spiro atoms. The van der Waals surface area contributed by atoms with E-state index in [1.165, 1.54) is 10.6 Å².